The van der Waals surface area contributed by atoms with E-state index in [0.717, 1.165) is 35.5 Å². The van der Waals surface area contributed by atoms with Crippen molar-refractivity contribution in [3.63, 3.8) is 0 Å². The molecule has 0 aliphatic heterocycles. The number of nitrogens with zero attached hydrogens (tertiary/aromatic N) is 1. The van der Waals surface area contributed by atoms with Gasteiger partial charge in [0.25, 0.3) is 0 Å². The molecule has 22 heavy (non-hydrogen) atoms. The molecule has 5 heteroatoms. The predicted octanol–water partition coefficient (Wildman–Crippen LogP) is 3.94. The molecule has 0 unspecified atom stereocenters. The van der Waals surface area contributed by atoms with Gasteiger partial charge in [0.15, 0.2) is 0 Å². The van der Waals surface area contributed by atoms with Crippen LogP contribution in [0.5, 0.6) is 0 Å². The maximum absolute atomic E-state index is 10.4. The normalized spacial score (nSPS) is 10.2. The van der Waals surface area contributed by atoms with Gasteiger partial charge in [-0.15, -0.1) is 0 Å². The van der Waals surface area contributed by atoms with Gasteiger partial charge in [-0.3, -0.25) is 4.98 Å². The summed E-state index contributed by atoms with van der Waals surface area (Å²) in [5.41, 5.74) is 3.92. The van der Waals surface area contributed by atoms with E-state index in [1.807, 2.05) is 42.6 Å². The quantitative estimate of drug-likeness (QED) is 0.724. The summed E-state index contributed by atoms with van der Waals surface area (Å²) in [7, 11) is 0. The topological polar surface area (TPSA) is 74.2 Å². The third-order valence-corrected chi connectivity index (χ3v) is 3.30. The molecule has 0 saturated carbocycles. The summed E-state index contributed by atoms with van der Waals surface area (Å²) < 4.78 is 0. The fourth-order valence-electron chi connectivity index (χ4n) is 2.05. The largest absolute Gasteiger partial charge is 0.465 e. The molecule has 0 spiro atoms. The minimum Gasteiger partial charge on any atom is -0.465 e. The molecule has 1 heterocycles. The SMILES string of the molecule is CCCCc1ccc(Nc2ccc(CNC(=O)O)cc2)cn1. The maximum atomic E-state index is 10.4. The van der Waals surface area contributed by atoms with Gasteiger partial charge in [0.05, 0.1) is 11.9 Å². The van der Waals surface area contributed by atoms with Crippen molar-refractivity contribution in [3.8, 4) is 0 Å². The first kappa shape index (κ1) is 15.8. The van der Waals surface area contributed by atoms with Crippen LogP contribution in [-0.2, 0) is 13.0 Å². The highest BCUT2D eigenvalue weighted by molar-refractivity contribution is 5.64. The number of aromatic nitrogens is 1. The van der Waals surface area contributed by atoms with Crippen LogP contribution >= 0.6 is 0 Å². The Bertz CT molecular complexity index is 594. The highest BCUT2D eigenvalue weighted by Gasteiger charge is 1.99. The van der Waals surface area contributed by atoms with Crippen molar-refractivity contribution in [2.45, 2.75) is 32.7 Å². The second-order valence-corrected chi connectivity index (χ2v) is 5.12. The average molecular weight is 299 g/mol. The zero-order chi connectivity index (χ0) is 15.8. The van der Waals surface area contributed by atoms with Crippen molar-refractivity contribution in [2.24, 2.45) is 0 Å². The van der Waals surface area contributed by atoms with Gasteiger partial charge in [0.1, 0.15) is 0 Å². The van der Waals surface area contributed by atoms with Gasteiger partial charge >= 0.3 is 6.09 Å². The van der Waals surface area contributed by atoms with Crippen molar-refractivity contribution in [3.05, 3.63) is 53.9 Å². The highest BCUT2D eigenvalue weighted by atomic mass is 16.4. The molecule has 116 valence electrons. The Morgan fingerprint density at radius 3 is 2.45 bits per heavy atom. The zero-order valence-corrected chi connectivity index (χ0v) is 12.7. The molecule has 1 amide bonds. The second-order valence-electron chi connectivity index (χ2n) is 5.12. The number of unbranched alkanes of at least 4 members (excludes halogenated alkanes) is 1. The molecule has 2 aromatic rings. The van der Waals surface area contributed by atoms with E-state index < -0.39 is 6.09 Å². The molecule has 0 atom stereocenters. The summed E-state index contributed by atoms with van der Waals surface area (Å²) in [5, 5.41) is 14.2. The lowest BCUT2D eigenvalue weighted by molar-refractivity contribution is 0.194. The van der Waals surface area contributed by atoms with Crippen LogP contribution in [0.3, 0.4) is 0 Å². The number of nitrogens with one attached hydrogen (secondary N) is 2. The van der Waals surface area contributed by atoms with Gasteiger partial charge in [0, 0.05) is 17.9 Å². The number of aryl methyl sites for hydroxylation is 1. The number of hydrogen-bond donors (Lipinski definition) is 3. The van der Waals surface area contributed by atoms with Crippen LogP contribution < -0.4 is 10.6 Å². The number of pyridine rings is 1. The fourth-order valence-corrected chi connectivity index (χ4v) is 2.05. The van der Waals surface area contributed by atoms with Crippen LogP contribution in [0.2, 0.25) is 0 Å². The number of benzene rings is 1. The number of carboxylic acid groups (broad SMARTS) is 1. The Labute approximate surface area is 130 Å². The predicted molar refractivity (Wildman–Crippen MR) is 87.4 cm³/mol. The summed E-state index contributed by atoms with van der Waals surface area (Å²) >= 11 is 0. The summed E-state index contributed by atoms with van der Waals surface area (Å²) in [6, 6.07) is 11.7. The minimum atomic E-state index is -1.02. The Balaban J connectivity index is 1.91. The Kier molecular flexibility index (Phi) is 5.77. The maximum Gasteiger partial charge on any atom is 0.404 e. The summed E-state index contributed by atoms with van der Waals surface area (Å²) in [5.74, 6) is 0. The molecular weight excluding hydrogens is 278 g/mol. The third kappa shape index (κ3) is 5.09. The van der Waals surface area contributed by atoms with E-state index >= 15 is 0 Å². The number of anilines is 2. The highest BCUT2D eigenvalue weighted by Crippen LogP contribution is 2.17. The van der Waals surface area contributed by atoms with E-state index in [9.17, 15) is 4.79 Å². The Morgan fingerprint density at radius 1 is 1.14 bits per heavy atom. The summed E-state index contributed by atoms with van der Waals surface area (Å²) in [6.45, 7) is 2.48. The standard InChI is InChI=1S/C17H21N3O2/c1-2-3-4-14-9-10-16(12-18-14)20-15-7-5-13(6-8-15)11-19-17(21)22/h5-10,12,19-20H,2-4,11H2,1H3,(H,21,22). The number of rotatable bonds is 7. The minimum absolute atomic E-state index is 0.309. The molecule has 3 N–H and O–H groups in total. The second kappa shape index (κ2) is 8.02. The number of hydrogen-bond acceptors (Lipinski definition) is 3. The Morgan fingerprint density at radius 2 is 1.86 bits per heavy atom. The van der Waals surface area contributed by atoms with Gasteiger partial charge in [-0.2, -0.15) is 0 Å². The van der Waals surface area contributed by atoms with Crippen molar-refractivity contribution in [1.82, 2.24) is 10.3 Å². The molecule has 0 bridgehead atoms. The smallest absolute Gasteiger partial charge is 0.404 e. The fraction of sp³-hybridized carbons (Fsp3) is 0.294. The van der Waals surface area contributed by atoms with Gasteiger partial charge in [-0.05, 0) is 42.7 Å². The monoisotopic (exact) mass is 299 g/mol. The van der Waals surface area contributed by atoms with E-state index in [1.165, 1.54) is 6.42 Å². The van der Waals surface area contributed by atoms with Crippen molar-refractivity contribution in [1.29, 1.82) is 0 Å². The summed E-state index contributed by atoms with van der Waals surface area (Å²) in [4.78, 5) is 14.9. The van der Waals surface area contributed by atoms with Crippen molar-refractivity contribution < 1.29 is 9.90 Å². The first-order chi connectivity index (χ1) is 10.7. The third-order valence-electron chi connectivity index (χ3n) is 3.30. The zero-order valence-electron chi connectivity index (χ0n) is 12.7. The first-order valence-corrected chi connectivity index (χ1v) is 7.45. The van der Waals surface area contributed by atoms with Crippen LogP contribution in [0.15, 0.2) is 42.6 Å². The molecule has 0 radical (unpaired) electrons. The van der Waals surface area contributed by atoms with Crippen LogP contribution in [0.25, 0.3) is 0 Å². The molecule has 0 saturated heterocycles. The van der Waals surface area contributed by atoms with E-state index in [-0.39, 0.29) is 0 Å². The number of carbonyl (C=O) groups is 1. The average Bonchev–Trinajstić information content (AvgIpc) is 2.53. The lowest BCUT2D eigenvalue weighted by Crippen LogP contribution is -2.19. The van der Waals surface area contributed by atoms with Gasteiger partial charge in [-0.25, -0.2) is 4.79 Å². The van der Waals surface area contributed by atoms with E-state index in [0.29, 0.717) is 6.54 Å². The van der Waals surface area contributed by atoms with Crippen molar-refractivity contribution >= 4 is 17.5 Å². The number of amides is 1. The van der Waals surface area contributed by atoms with E-state index in [2.05, 4.69) is 22.5 Å². The molecule has 0 aliphatic rings. The van der Waals surface area contributed by atoms with Gasteiger partial charge in [-0.1, -0.05) is 25.5 Å². The van der Waals surface area contributed by atoms with Crippen LogP contribution in [0, 0.1) is 0 Å². The van der Waals surface area contributed by atoms with Crippen LogP contribution in [-0.4, -0.2) is 16.2 Å². The summed E-state index contributed by atoms with van der Waals surface area (Å²) in [6.07, 6.45) is 4.17. The van der Waals surface area contributed by atoms with Crippen LogP contribution in [0.4, 0.5) is 16.2 Å². The molecule has 2 rings (SSSR count). The lowest BCUT2D eigenvalue weighted by atomic mass is 10.2. The van der Waals surface area contributed by atoms with Gasteiger partial charge in [0.2, 0.25) is 0 Å². The van der Waals surface area contributed by atoms with E-state index in [4.69, 9.17) is 5.11 Å². The first-order valence-electron chi connectivity index (χ1n) is 7.45. The molecule has 1 aromatic heterocycles. The van der Waals surface area contributed by atoms with Gasteiger partial charge < -0.3 is 15.7 Å². The molecule has 0 fully saturated rings. The molecule has 5 nitrogen and oxygen atoms in total. The van der Waals surface area contributed by atoms with Crippen molar-refractivity contribution in [2.75, 3.05) is 5.32 Å². The Hall–Kier alpha value is -2.56. The molecular formula is C17H21N3O2. The molecule has 0 aliphatic carbocycles. The molecule has 1 aromatic carbocycles. The lowest BCUT2D eigenvalue weighted by Gasteiger charge is -2.08. The van der Waals surface area contributed by atoms with Crippen LogP contribution in [0.1, 0.15) is 31.0 Å². The van der Waals surface area contributed by atoms with E-state index in [1.54, 1.807) is 0 Å².